The SMILES string of the molecule is O=c1n(CC2CO2)c(=O)n(C2COC2)c(=O)n1C[C@@H]1CO1. The van der Waals surface area contributed by atoms with E-state index >= 15 is 0 Å². The summed E-state index contributed by atoms with van der Waals surface area (Å²) >= 11 is 0. The van der Waals surface area contributed by atoms with Crippen LogP contribution in [0.4, 0.5) is 0 Å². The lowest BCUT2D eigenvalue weighted by Gasteiger charge is -2.27. The van der Waals surface area contributed by atoms with Crippen molar-refractivity contribution >= 4 is 0 Å². The molecule has 114 valence electrons. The maximum atomic E-state index is 12.4. The average Bonchev–Trinajstić information content (AvgIpc) is 3.28. The van der Waals surface area contributed by atoms with Crippen LogP contribution in [-0.2, 0) is 27.3 Å². The van der Waals surface area contributed by atoms with Crippen molar-refractivity contribution in [2.24, 2.45) is 0 Å². The van der Waals surface area contributed by atoms with Gasteiger partial charge in [0.15, 0.2) is 0 Å². The van der Waals surface area contributed by atoms with E-state index in [1.807, 2.05) is 0 Å². The average molecular weight is 297 g/mol. The van der Waals surface area contributed by atoms with E-state index < -0.39 is 17.1 Å². The summed E-state index contributed by atoms with van der Waals surface area (Å²) in [6.07, 6.45) is -0.241. The first-order valence-electron chi connectivity index (χ1n) is 6.92. The Kier molecular flexibility index (Phi) is 2.88. The van der Waals surface area contributed by atoms with Crippen LogP contribution in [0.15, 0.2) is 14.4 Å². The van der Waals surface area contributed by atoms with Gasteiger partial charge in [-0.25, -0.2) is 28.1 Å². The summed E-state index contributed by atoms with van der Waals surface area (Å²) in [7, 11) is 0. The molecule has 4 heterocycles. The fourth-order valence-electron chi connectivity index (χ4n) is 2.40. The van der Waals surface area contributed by atoms with Gasteiger partial charge in [-0.3, -0.25) is 0 Å². The minimum absolute atomic E-state index is 0.121. The van der Waals surface area contributed by atoms with Crippen molar-refractivity contribution in [3.63, 3.8) is 0 Å². The summed E-state index contributed by atoms with van der Waals surface area (Å²) in [4.78, 5) is 37.3. The second kappa shape index (κ2) is 4.65. The van der Waals surface area contributed by atoms with Gasteiger partial charge in [0.2, 0.25) is 0 Å². The smallest absolute Gasteiger partial charge is 0.336 e. The van der Waals surface area contributed by atoms with E-state index in [1.165, 1.54) is 0 Å². The number of nitrogens with zero attached hydrogens (tertiary/aromatic N) is 3. The molecule has 0 radical (unpaired) electrons. The van der Waals surface area contributed by atoms with E-state index in [9.17, 15) is 14.4 Å². The van der Waals surface area contributed by atoms with E-state index in [0.29, 0.717) is 26.4 Å². The third kappa shape index (κ3) is 2.27. The molecule has 4 rings (SSSR count). The molecular formula is C12H15N3O6. The minimum atomic E-state index is -0.590. The molecule has 1 unspecified atom stereocenters. The molecule has 2 atom stereocenters. The molecule has 0 N–H and O–H groups in total. The first-order chi connectivity index (χ1) is 10.1. The van der Waals surface area contributed by atoms with E-state index in [1.54, 1.807) is 0 Å². The predicted octanol–water partition coefficient (Wildman–Crippen LogP) is -2.46. The summed E-state index contributed by atoms with van der Waals surface area (Å²) in [5.74, 6) is 0. The van der Waals surface area contributed by atoms with Gasteiger partial charge in [-0.1, -0.05) is 0 Å². The predicted molar refractivity (Wildman–Crippen MR) is 68.6 cm³/mol. The topological polar surface area (TPSA) is 100 Å². The Morgan fingerprint density at radius 3 is 1.62 bits per heavy atom. The molecule has 0 spiro atoms. The van der Waals surface area contributed by atoms with Crippen molar-refractivity contribution in [3.8, 4) is 0 Å². The first kappa shape index (κ1) is 13.0. The van der Waals surface area contributed by atoms with Gasteiger partial charge >= 0.3 is 17.1 Å². The Morgan fingerprint density at radius 2 is 1.29 bits per heavy atom. The summed E-state index contributed by atoms with van der Waals surface area (Å²) in [6, 6.07) is -0.302. The molecule has 9 nitrogen and oxygen atoms in total. The molecule has 3 fully saturated rings. The van der Waals surface area contributed by atoms with Crippen LogP contribution in [0.3, 0.4) is 0 Å². The molecule has 21 heavy (non-hydrogen) atoms. The molecule has 9 heteroatoms. The second-order valence-electron chi connectivity index (χ2n) is 5.54. The Bertz CT molecular complexity index is 683. The van der Waals surface area contributed by atoms with Crippen LogP contribution in [0.5, 0.6) is 0 Å². The van der Waals surface area contributed by atoms with Gasteiger partial charge in [-0.2, -0.15) is 0 Å². The lowest BCUT2D eigenvalue weighted by atomic mass is 10.2. The Labute approximate surface area is 118 Å². The first-order valence-corrected chi connectivity index (χ1v) is 6.92. The van der Waals surface area contributed by atoms with Crippen molar-refractivity contribution in [2.45, 2.75) is 31.3 Å². The van der Waals surface area contributed by atoms with Crippen LogP contribution in [0.25, 0.3) is 0 Å². The number of hydrogen-bond donors (Lipinski definition) is 0. The quantitative estimate of drug-likeness (QED) is 0.559. The lowest BCUT2D eigenvalue weighted by Crippen LogP contribution is -2.58. The fourth-order valence-corrected chi connectivity index (χ4v) is 2.40. The molecule has 1 aromatic rings. The molecule has 0 amide bonds. The van der Waals surface area contributed by atoms with Gasteiger partial charge in [-0.15, -0.1) is 0 Å². The van der Waals surface area contributed by atoms with Crippen LogP contribution < -0.4 is 17.1 Å². The largest absolute Gasteiger partial charge is 0.377 e. The summed E-state index contributed by atoms with van der Waals surface area (Å²) in [5, 5.41) is 0. The van der Waals surface area contributed by atoms with Gasteiger partial charge in [-0.05, 0) is 0 Å². The molecule has 0 saturated carbocycles. The molecule has 0 aromatic carbocycles. The maximum absolute atomic E-state index is 12.4. The highest BCUT2D eigenvalue weighted by molar-refractivity contribution is 4.88. The monoisotopic (exact) mass is 297 g/mol. The molecular weight excluding hydrogens is 282 g/mol. The van der Waals surface area contributed by atoms with Gasteiger partial charge in [0.25, 0.3) is 0 Å². The normalized spacial score (nSPS) is 27.4. The molecule has 1 aromatic heterocycles. The molecule has 0 bridgehead atoms. The summed E-state index contributed by atoms with van der Waals surface area (Å²) in [6.45, 7) is 2.04. The maximum Gasteiger partial charge on any atom is 0.336 e. The van der Waals surface area contributed by atoms with Crippen LogP contribution >= 0.6 is 0 Å². The minimum Gasteiger partial charge on any atom is -0.377 e. The molecule has 3 aliphatic rings. The third-order valence-electron chi connectivity index (χ3n) is 3.90. The van der Waals surface area contributed by atoms with Crippen molar-refractivity contribution in [2.75, 3.05) is 26.4 Å². The van der Waals surface area contributed by atoms with Gasteiger partial charge in [0.05, 0.1) is 57.8 Å². The van der Waals surface area contributed by atoms with Crippen molar-refractivity contribution < 1.29 is 14.2 Å². The zero-order valence-electron chi connectivity index (χ0n) is 11.3. The fraction of sp³-hybridized carbons (Fsp3) is 0.750. The summed E-state index contributed by atoms with van der Waals surface area (Å²) in [5.41, 5.74) is -1.75. The summed E-state index contributed by atoms with van der Waals surface area (Å²) < 4.78 is 18.5. The second-order valence-corrected chi connectivity index (χ2v) is 5.54. The van der Waals surface area contributed by atoms with Gasteiger partial charge in [0.1, 0.15) is 0 Å². The van der Waals surface area contributed by atoms with Gasteiger partial charge < -0.3 is 14.2 Å². The standard InChI is InChI=1S/C12H15N3O6/c16-10-13(1-8-5-20-8)11(17)15(7-3-19-4-7)12(18)14(10)2-9-6-21-9/h7-9H,1-6H2/t8-,9?/m1/s1. The van der Waals surface area contributed by atoms with Crippen molar-refractivity contribution in [1.29, 1.82) is 0 Å². The van der Waals surface area contributed by atoms with Crippen molar-refractivity contribution in [1.82, 2.24) is 13.7 Å². The highest BCUT2D eigenvalue weighted by Gasteiger charge is 2.32. The van der Waals surface area contributed by atoms with Crippen LogP contribution in [0.1, 0.15) is 6.04 Å². The highest BCUT2D eigenvalue weighted by Crippen LogP contribution is 2.14. The lowest BCUT2D eigenvalue weighted by molar-refractivity contribution is -0.0289. The Balaban J connectivity index is 1.85. The van der Waals surface area contributed by atoms with E-state index in [2.05, 4.69) is 0 Å². The Hall–Kier alpha value is -1.71. The van der Waals surface area contributed by atoms with Crippen LogP contribution in [-0.4, -0.2) is 52.3 Å². The number of hydrogen-bond acceptors (Lipinski definition) is 6. The zero-order valence-corrected chi connectivity index (χ0v) is 11.3. The Morgan fingerprint density at radius 1 is 0.810 bits per heavy atom. The number of rotatable bonds is 5. The van der Waals surface area contributed by atoms with Gasteiger partial charge in [0, 0.05) is 0 Å². The molecule has 0 aliphatic carbocycles. The zero-order chi connectivity index (χ0) is 14.6. The van der Waals surface area contributed by atoms with E-state index in [-0.39, 0.29) is 31.3 Å². The number of aromatic nitrogens is 3. The van der Waals surface area contributed by atoms with Crippen LogP contribution in [0, 0.1) is 0 Å². The number of ether oxygens (including phenoxy) is 3. The van der Waals surface area contributed by atoms with E-state index in [0.717, 1.165) is 13.7 Å². The van der Waals surface area contributed by atoms with Crippen molar-refractivity contribution in [3.05, 3.63) is 31.5 Å². The molecule has 3 saturated heterocycles. The highest BCUT2D eigenvalue weighted by atomic mass is 16.6. The molecule has 3 aliphatic heterocycles. The van der Waals surface area contributed by atoms with Crippen LogP contribution in [0.2, 0.25) is 0 Å². The van der Waals surface area contributed by atoms with E-state index in [4.69, 9.17) is 14.2 Å². The number of epoxide rings is 2. The third-order valence-corrected chi connectivity index (χ3v) is 3.90.